The van der Waals surface area contributed by atoms with E-state index in [0.29, 0.717) is 12.3 Å². The number of fused-ring (bicyclic) bond motifs is 1. The van der Waals surface area contributed by atoms with Gasteiger partial charge in [0.1, 0.15) is 23.1 Å². The van der Waals surface area contributed by atoms with E-state index in [2.05, 4.69) is 22.2 Å². The van der Waals surface area contributed by atoms with Crippen LogP contribution in [0.5, 0.6) is 11.5 Å². The Bertz CT molecular complexity index is 1350. The van der Waals surface area contributed by atoms with E-state index in [4.69, 9.17) is 4.74 Å². The van der Waals surface area contributed by atoms with Gasteiger partial charge in [-0.3, -0.25) is 4.79 Å². The van der Waals surface area contributed by atoms with Gasteiger partial charge in [-0.15, -0.1) is 0 Å². The number of carbonyl (C=O) groups is 1. The van der Waals surface area contributed by atoms with Gasteiger partial charge in [-0.1, -0.05) is 62.2 Å². The lowest BCUT2D eigenvalue weighted by Gasteiger charge is -2.26. The first-order valence-corrected chi connectivity index (χ1v) is 13.9. The second-order valence-electron chi connectivity index (χ2n) is 10.7. The van der Waals surface area contributed by atoms with Gasteiger partial charge in [0, 0.05) is 26.0 Å². The minimum Gasteiger partial charge on any atom is -0.457 e. The number of aromatic nitrogens is 2. The van der Waals surface area contributed by atoms with Crippen LogP contribution in [-0.2, 0) is 11.2 Å². The minimum absolute atomic E-state index is 0.0930. The van der Waals surface area contributed by atoms with Crippen LogP contribution >= 0.6 is 0 Å². The van der Waals surface area contributed by atoms with Gasteiger partial charge >= 0.3 is 0 Å². The van der Waals surface area contributed by atoms with Crippen molar-refractivity contribution < 1.29 is 9.53 Å². The second-order valence-corrected chi connectivity index (χ2v) is 10.7. The van der Waals surface area contributed by atoms with Crippen LogP contribution in [0, 0.1) is 18.8 Å². The molecule has 0 unspecified atom stereocenters. The van der Waals surface area contributed by atoms with E-state index < -0.39 is 0 Å². The normalized spacial score (nSPS) is 16.6. The van der Waals surface area contributed by atoms with Crippen LogP contribution in [0.1, 0.15) is 44.0 Å². The lowest BCUT2D eigenvalue weighted by molar-refractivity contribution is -0.120. The Labute approximate surface area is 232 Å². The van der Waals surface area contributed by atoms with E-state index in [1.807, 2.05) is 105 Å². The minimum atomic E-state index is 0.0930. The van der Waals surface area contributed by atoms with Gasteiger partial charge in [0.15, 0.2) is 0 Å². The topological polar surface area (TPSA) is 67.3 Å². The third-order valence-electron chi connectivity index (χ3n) is 7.08. The summed E-state index contributed by atoms with van der Waals surface area (Å²) in [5, 5.41) is 4.21. The number of carbonyl (C=O) groups excluding carboxylic acids is 1. The number of benzene rings is 3. The molecule has 0 radical (unpaired) electrons. The summed E-state index contributed by atoms with van der Waals surface area (Å²) < 4.78 is 5.83. The largest absolute Gasteiger partial charge is 0.457 e. The molecule has 0 aliphatic heterocycles. The van der Waals surface area contributed by atoms with Crippen molar-refractivity contribution in [2.75, 3.05) is 25.5 Å². The molecule has 39 heavy (non-hydrogen) atoms. The van der Waals surface area contributed by atoms with Crippen LogP contribution in [0.25, 0.3) is 10.9 Å². The van der Waals surface area contributed by atoms with Crippen LogP contribution in [0.4, 0.5) is 5.82 Å². The number of ether oxygens (including phenoxy) is 1. The summed E-state index contributed by atoms with van der Waals surface area (Å²) in [4.78, 5) is 23.0. The van der Waals surface area contributed by atoms with Crippen molar-refractivity contribution in [2.24, 2.45) is 11.8 Å². The van der Waals surface area contributed by atoms with E-state index in [9.17, 15) is 4.79 Å². The predicted molar refractivity (Wildman–Crippen MR) is 159 cm³/mol. The third kappa shape index (κ3) is 8.54. The lowest BCUT2D eigenvalue weighted by atomic mass is 9.83. The molecule has 1 fully saturated rings. The SMILES string of the molecule is CC1CCC(CNC(=O)Cc2cccc(Oc3ccccc3)c2)CC1.Cc1nc(N(C)C)c2ccccc2n1. The highest BCUT2D eigenvalue weighted by Crippen LogP contribution is 2.28. The van der Waals surface area contributed by atoms with Crippen LogP contribution < -0.4 is 15.0 Å². The van der Waals surface area contributed by atoms with Crippen LogP contribution in [0.15, 0.2) is 78.9 Å². The summed E-state index contributed by atoms with van der Waals surface area (Å²) >= 11 is 0. The Kier molecular flexibility index (Phi) is 9.90. The number of anilines is 1. The van der Waals surface area contributed by atoms with Gasteiger partial charge in [0.05, 0.1) is 11.9 Å². The Morgan fingerprint density at radius 3 is 2.33 bits per heavy atom. The first kappa shape index (κ1) is 28.1. The second kappa shape index (κ2) is 13.7. The van der Waals surface area contributed by atoms with E-state index in [1.165, 1.54) is 25.7 Å². The van der Waals surface area contributed by atoms with Crippen molar-refractivity contribution in [3.05, 3.63) is 90.3 Å². The van der Waals surface area contributed by atoms with Crippen LogP contribution in [-0.4, -0.2) is 36.5 Å². The number of para-hydroxylation sites is 2. The molecule has 6 nitrogen and oxygen atoms in total. The number of nitrogens with one attached hydrogen (secondary N) is 1. The summed E-state index contributed by atoms with van der Waals surface area (Å²) in [6, 6.07) is 25.5. The maximum Gasteiger partial charge on any atom is 0.224 e. The van der Waals surface area contributed by atoms with Gasteiger partial charge in [0.25, 0.3) is 0 Å². The molecule has 1 N–H and O–H groups in total. The average Bonchev–Trinajstić information content (AvgIpc) is 2.93. The standard InChI is InChI=1S/C22H27NO2.C11H13N3/c1-17-10-12-18(13-11-17)16-23-22(24)15-19-6-5-9-21(14-19)25-20-7-3-2-4-8-20;1-8-12-10-7-5-4-6-9(10)11(13-8)14(2)3/h2-9,14,17-18H,10-13,15-16H2,1H3,(H,23,24);4-7H,1-3H3. The molecule has 1 aromatic heterocycles. The zero-order chi connectivity index (χ0) is 27.6. The molecule has 1 amide bonds. The number of aryl methyl sites for hydroxylation is 1. The van der Waals surface area contributed by atoms with Gasteiger partial charge < -0.3 is 15.0 Å². The maximum atomic E-state index is 12.2. The molecule has 0 spiro atoms. The zero-order valence-electron chi connectivity index (χ0n) is 23.6. The smallest absolute Gasteiger partial charge is 0.224 e. The van der Waals surface area contributed by atoms with Crippen molar-refractivity contribution in [1.29, 1.82) is 0 Å². The quantitative estimate of drug-likeness (QED) is 0.283. The number of hydrogen-bond donors (Lipinski definition) is 1. The predicted octanol–water partition coefficient (Wildman–Crippen LogP) is 6.97. The Morgan fingerprint density at radius 1 is 0.897 bits per heavy atom. The first-order chi connectivity index (χ1) is 18.9. The van der Waals surface area contributed by atoms with Crippen molar-refractivity contribution >= 4 is 22.6 Å². The van der Waals surface area contributed by atoms with Crippen molar-refractivity contribution in [3.63, 3.8) is 0 Å². The molecule has 1 saturated carbocycles. The molecule has 5 rings (SSSR count). The van der Waals surface area contributed by atoms with Gasteiger partial charge in [0.2, 0.25) is 5.91 Å². The maximum absolute atomic E-state index is 12.2. The van der Waals surface area contributed by atoms with E-state index in [0.717, 1.165) is 52.1 Å². The monoisotopic (exact) mass is 524 g/mol. The molecule has 3 aromatic carbocycles. The van der Waals surface area contributed by atoms with E-state index >= 15 is 0 Å². The van der Waals surface area contributed by atoms with Crippen molar-refractivity contribution in [1.82, 2.24) is 15.3 Å². The van der Waals surface area contributed by atoms with Gasteiger partial charge in [-0.25, -0.2) is 9.97 Å². The molecule has 6 heteroatoms. The van der Waals surface area contributed by atoms with Gasteiger partial charge in [-0.05, 0) is 73.6 Å². The summed E-state index contributed by atoms with van der Waals surface area (Å²) in [7, 11) is 3.99. The number of rotatable bonds is 7. The van der Waals surface area contributed by atoms with Crippen LogP contribution in [0.3, 0.4) is 0 Å². The zero-order valence-corrected chi connectivity index (χ0v) is 23.6. The van der Waals surface area contributed by atoms with Crippen LogP contribution in [0.2, 0.25) is 0 Å². The number of nitrogens with zero attached hydrogens (tertiary/aromatic N) is 3. The Balaban J connectivity index is 0.000000212. The molecule has 0 bridgehead atoms. The molecule has 1 heterocycles. The third-order valence-corrected chi connectivity index (χ3v) is 7.08. The summed E-state index contributed by atoms with van der Waals surface area (Å²) in [5.41, 5.74) is 1.98. The average molecular weight is 525 g/mol. The fraction of sp³-hybridized carbons (Fsp3) is 0.364. The van der Waals surface area contributed by atoms with Gasteiger partial charge in [-0.2, -0.15) is 0 Å². The molecule has 1 aliphatic rings. The lowest BCUT2D eigenvalue weighted by Crippen LogP contribution is -2.32. The highest BCUT2D eigenvalue weighted by molar-refractivity contribution is 5.89. The van der Waals surface area contributed by atoms with E-state index in [-0.39, 0.29) is 5.91 Å². The van der Waals surface area contributed by atoms with Crippen molar-refractivity contribution in [3.8, 4) is 11.5 Å². The molecule has 0 saturated heterocycles. The molecule has 4 aromatic rings. The first-order valence-electron chi connectivity index (χ1n) is 13.9. The summed E-state index contributed by atoms with van der Waals surface area (Å²) in [5.74, 6) is 4.94. The molecule has 1 aliphatic carbocycles. The fourth-order valence-corrected chi connectivity index (χ4v) is 4.90. The molecular formula is C33H40N4O2. The summed E-state index contributed by atoms with van der Waals surface area (Å²) in [6.45, 7) is 5.05. The fourth-order valence-electron chi connectivity index (χ4n) is 4.90. The molecular weight excluding hydrogens is 484 g/mol. The summed E-state index contributed by atoms with van der Waals surface area (Å²) in [6.07, 6.45) is 5.46. The highest BCUT2D eigenvalue weighted by Gasteiger charge is 2.18. The Morgan fingerprint density at radius 2 is 1.59 bits per heavy atom. The van der Waals surface area contributed by atoms with E-state index in [1.54, 1.807) is 0 Å². The highest BCUT2D eigenvalue weighted by atomic mass is 16.5. The number of hydrogen-bond acceptors (Lipinski definition) is 5. The number of amides is 1. The Hall–Kier alpha value is -3.93. The molecule has 204 valence electrons. The van der Waals surface area contributed by atoms with Crippen molar-refractivity contribution in [2.45, 2.75) is 46.0 Å². The molecule has 0 atom stereocenters.